The molecule has 10 heteroatoms. The molecule has 0 spiro atoms. The summed E-state index contributed by atoms with van der Waals surface area (Å²) in [4.78, 5) is 12.4. The van der Waals surface area contributed by atoms with E-state index < -0.39 is 10.0 Å². The second-order valence-electron chi connectivity index (χ2n) is 6.92. The summed E-state index contributed by atoms with van der Waals surface area (Å²) >= 11 is 12.2. The number of ether oxygens (including phenoxy) is 1. The minimum Gasteiger partial charge on any atom is -0.456 e. The standard InChI is InChI=1S/C22H17Cl2N3O4S/c1-13-6-15(8-16(7-13)31-21-9-14(12-25)2-4-18(21)23)10-22(28)27-20-5-3-17(11-19(20)24)32(26,29)30/h2-9,11H,10H2,1H3,(H,27,28)(H2,26,29,30). The van der Waals surface area contributed by atoms with Crippen molar-refractivity contribution in [3.63, 3.8) is 0 Å². The lowest BCUT2D eigenvalue weighted by molar-refractivity contribution is -0.115. The first-order valence-corrected chi connectivity index (χ1v) is 11.5. The molecule has 0 aliphatic heterocycles. The molecule has 32 heavy (non-hydrogen) atoms. The summed E-state index contributed by atoms with van der Waals surface area (Å²) in [6, 6.07) is 15.8. The van der Waals surface area contributed by atoms with Gasteiger partial charge in [-0.3, -0.25) is 4.79 Å². The van der Waals surface area contributed by atoms with Crippen LogP contribution in [0.5, 0.6) is 11.5 Å². The van der Waals surface area contributed by atoms with Gasteiger partial charge in [0, 0.05) is 6.07 Å². The van der Waals surface area contributed by atoms with Crippen LogP contribution in [0.4, 0.5) is 5.69 Å². The number of aryl methyl sites for hydroxylation is 1. The molecule has 3 aromatic carbocycles. The van der Waals surface area contributed by atoms with Crippen molar-refractivity contribution in [1.82, 2.24) is 0 Å². The largest absolute Gasteiger partial charge is 0.456 e. The van der Waals surface area contributed by atoms with Gasteiger partial charge in [-0.2, -0.15) is 5.26 Å². The Bertz CT molecular complexity index is 1350. The van der Waals surface area contributed by atoms with Crippen molar-refractivity contribution in [2.75, 3.05) is 5.32 Å². The van der Waals surface area contributed by atoms with Crippen molar-refractivity contribution in [2.24, 2.45) is 5.14 Å². The molecule has 0 fully saturated rings. The number of benzene rings is 3. The molecule has 7 nitrogen and oxygen atoms in total. The van der Waals surface area contributed by atoms with E-state index in [0.29, 0.717) is 27.6 Å². The van der Waals surface area contributed by atoms with E-state index in [2.05, 4.69) is 5.32 Å². The van der Waals surface area contributed by atoms with E-state index in [9.17, 15) is 13.2 Å². The van der Waals surface area contributed by atoms with Crippen LogP contribution in [0, 0.1) is 18.3 Å². The van der Waals surface area contributed by atoms with E-state index in [1.54, 1.807) is 24.3 Å². The van der Waals surface area contributed by atoms with Crippen LogP contribution in [0.25, 0.3) is 0 Å². The summed E-state index contributed by atoms with van der Waals surface area (Å²) in [7, 11) is -3.90. The fraction of sp³-hybridized carbons (Fsp3) is 0.0909. The molecule has 0 bridgehead atoms. The molecule has 0 saturated carbocycles. The predicted octanol–water partition coefficient (Wildman–Crippen LogP) is 4.79. The maximum Gasteiger partial charge on any atom is 0.238 e. The number of amides is 1. The van der Waals surface area contributed by atoms with Crippen LogP contribution in [0.2, 0.25) is 10.0 Å². The summed E-state index contributed by atoms with van der Waals surface area (Å²) in [5.74, 6) is 0.421. The number of halogens is 2. The van der Waals surface area contributed by atoms with E-state index in [-0.39, 0.29) is 27.9 Å². The lowest BCUT2D eigenvalue weighted by Gasteiger charge is -2.12. The van der Waals surface area contributed by atoms with Crippen LogP contribution in [0.1, 0.15) is 16.7 Å². The van der Waals surface area contributed by atoms with Crippen LogP contribution >= 0.6 is 23.2 Å². The zero-order chi connectivity index (χ0) is 23.5. The molecule has 0 radical (unpaired) electrons. The van der Waals surface area contributed by atoms with Crippen LogP contribution in [-0.2, 0) is 21.2 Å². The number of nitriles is 1. The number of rotatable bonds is 6. The normalized spacial score (nSPS) is 11.0. The molecule has 0 heterocycles. The summed E-state index contributed by atoms with van der Waals surface area (Å²) in [6.07, 6.45) is 0.0112. The van der Waals surface area contributed by atoms with Gasteiger partial charge < -0.3 is 10.1 Å². The van der Waals surface area contributed by atoms with Crippen molar-refractivity contribution in [2.45, 2.75) is 18.2 Å². The van der Waals surface area contributed by atoms with Gasteiger partial charge in [-0.15, -0.1) is 0 Å². The number of carbonyl (C=O) groups is 1. The molecule has 164 valence electrons. The van der Waals surface area contributed by atoms with Crippen LogP contribution in [0.15, 0.2) is 59.5 Å². The summed E-state index contributed by atoms with van der Waals surface area (Å²) in [5.41, 5.74) is 2.19. The number of hydrogen-bond acceptors (Lipinski definition) is 5. The van der Waals surface area contributed by atoms with Gasteiger partial charge in [0.1, 0.15) is 11.5 Å². The summed E-state index contributed by atoms with van der Waals surface area (Å²) < 4.78 is 28.6. The average Bonchev–Trinajstić information content (AvgIpc) is 2.70. The molecule has 3 aromatic rings. The van der Waals surface area contributed by atoms with Crippen LogP contribution in [-0.4, -0.2) is 14.3 Å². The molecule has 0 saturated heterocycles. The first kappa shape index (κ1) is 23.6. The van der Waals surface area contributed by atoms with Crippen molar-refractivity contribution < 1.29 is 17.9 Å². The number of primary sulfonamides is 1. The number of anilines is 1. The fourth-order valence-corrected chi connectivity index (χ4v) is 3.91. The highest BCUT2D eigenvalue weighted by atomic mass is 35.5. The van der Waals surface area contributed by atoms with Crippen molar-refractivity contribution in [3.8, 4) is 17.6 Å². The van der Waals surface area contributed by atoms with Gasteiger partial charge in [0.15, 0.2) is 0 Å². The maximum absolute atomic E-state index is 12.5. The Morgan fingerprint density at radius 1 is 1.09 bits per heavy atom. The highest BCUT2D eigenvalue weighted by molar-refractivity contribution is 7.89. The molecule has 0 aliphatic carbocycles. The number of sulfonamides is 1. The Kier molecular flexibility index (Phi) is 7.06. The Hall–Kier alpha value is -3.09. The van der Waals surface area contributed by atoms with E-state index in [0.717, 1.165) is 5.56 Å². The van der Waals surface area contributed by atoms with Gasteiger partial charge in [-0.1, -0.05) is 29.3 Å². The Labute approximate surface area is 195 Å². The SMILES string of the molecule is Cc1cc(CC(=O)Nc2ccc(S(N)(=O)=O)cc2Cl)cc(Oc2cc(C#N)ccc2Cl)c1. The number of nitrogens with zero attached hydrogens (tertiary/aromatic N) is 1. The predicted molar refractivity (Wildman–Crippen MR) is 123 cm³/mol. The second kappa shape index (κ2) is 9.59. The van der Waals surface area contributed by atoms with Gasteiger partial charge in [0.25, 0.3) is 0 Å². The maximum atomic E-state index is 12.5. The smallest absolute Gasteiger partial charge is 0.238 e. The van der Waals surface area contributed by atoms with Gasteiger partial charge in [-0.05, 0) is 60.5 Å². The van der Waals surface area contributed by atoms with E-state index in [4.69, 9.17) is 38.3 Å². The zero-order valence-electron chi connectivity index (χ0n) is 16.7. The monoisotopic (exact) mass is 489 g/mol. The zero-order valence-corrected chi connectivity index (χ0v) is 19.1. The Balaban J connectivity index is 1.76. The molecule has 3 rings (SSSR count). The molecule has 3 N–H and O–H groups in total. The van der Waals surface area contributed by atoms with Crippen molar-refractivity contribution >= 4 is 44.8 Å². The average molecular weight is 490 g/mol. The minimum absolute atomic E-state index is 0.0112. The lowest BCUT2D eigenvalue weighted by Crippen LogP contribution is -2.16. The molecule has 0 aliphatic rings. The quantitative estimate of drug-likeness (QED) is 0.514. The first-order valence-electron chi connectivity index (χ1n) is 9.15. The topological polar surface area (TPSA) is 122 Å². The van der Waals surface area contributed by atoms with E-state index in [1.165, 1.54) is 24.3 Å². The molecule has 0 unspecified atom stereocenters. The molecule has 0 atom stereocenters. The molecular formula is C22H17Cl2N3O4S. The summed E-state index contributed by atoms with van der Waals surface area (Å²) in [5, 5.41) is 17.2. The molecular weight excluding hydrogens is 473 g/mol. The van der Waals surface area contributed by atoms with Gasteiger partial charge in [-0.25, -0.2) is 13.6 Å². The molecule has 0 aromatic heterocycles. The number of nitrogens with one attached hydrogen (secondary N) is 1. The van der Waals surface area contributed by atoms with Crippen molar-refractivity contribution in [1.29, 1.82) is 5.26 Å². The fourth-order valence-electron chi connectivity index (χ4n) is 2.92. The Morgan fingerprint density at radius 3 is 2.50 bits per heavy atom. The van der Waals surface area contributed by atoms with Gasteiger partial charge in [0.05, 0.1) is 38.7 Å². The van der Waals surface area contributed by atoms with Crippen molar-refractivity contribution in [3.05, 3.63) is 81.3 Å². The third-order valence-corrected chi connectivity index (χ3v) is 5.84. The van der Waals surface area contributed by atoms with Gasteiger partial charge >= 0.3 is 0 Å². The van der Waals surface area contributed by atoms with Crippen LogP contribution in [0.3, 0.4) is 0 Å². The highest BCUT2D eigenvalue weighted by Gasteiger charge is 2.13. The van der Waals surface area contributed by atoms with E-state index in [1.807, 2.05) is 19.1 Å². The second-order valence-corrected chi connectivity index (χ2v) is 9.30. The lowest BCUT2D eigenvalue weighted by atomic mass is 10.1. The number of nitrogens with two attached hydrogens (primary N) is 1. The first-order chi connectivity index (χ1) is 15.0. The summed E-state index contributed by atoms with van der Waals surface area (Å²) in [6.45, 7) is 1.85. The van der Waals surface area contributed by atoms with E-state index >= 15 is 0 Å². The molecule has 1 amide bonds. The van der Waals surface area contributed by atoms with Crippen LogP contribution < -0.4 is 15.2 Å². The number of hydrogen-bond donors (Lipinski definition) is 2. The van der Waals surface area contributed by atoms with Gasteiger partial charge in [0.2, 0.25) is 15.9 Å². The highest BCUT2D eigenvalue weighted by Crippen LogP contribution is 2.31. The third kappa shape index (κ3) is 5.99. The minimum atomic E-state index is -3.90. The Morgan fingerprint density at radius 2 is 1.84 bits per heavy atom. The number of carbonyl (C=O) groups excluding carboxylic acids is 1. The third-order valence-electron chi connectivity index (χ3n) is 4.31.